The second kappa shape index (κ2) is 5.64. The van der Waals surface area contributed by atoms with Crippen LogP contribution < -0.4 is 10.2 Å². The van der Waals surface area contributed by atoms with E-state index in [9.17, 15) is 13.2 Å². The summed E-state index contributed by atoms with van der Waals surface area (Å²) in [6.07, 6.45) is 1.69. The highest BCUT2D eigenvalue weighted by Gasteiger charge is 2.35. The maximum absolute atomic E-state index is 14.0. The molecular formula is C15H21F3N2. The summed E-state index contributed by atoms with van der Waals surface area (Å²) in [6, 6.07) is 2.40. The summed E-state index contributed by atoms with van der Waals surface area (Å²) in [7, 11) is 0. The molecule has 112 valence electrons. The molecule has 2 rings (SSSR count). The Morgan fingerprint density at radius 1 is 1.25 bits per heavy atom. The summed E-state index contributed by atoms with van der Waals surface area (Å²) in [5.41, 5.74) is 0.000101. The van der Waals surface area contributed by atoms with Gasteiger partial charge in [0.25, 0.3) is 0 Å². The lowest BCUT2D eigenvalue weighted by Crippen LogP contribution is -2.63. The van der Waals surface area contributed by atoms with E-state index in [1.165, 1.54) is 6.07 Å². The molecule has 1 aromatic carbocycles. The normalized spacial score (nSPS) is 26.9. The van der Waals surface area contributed by atoms with Crippen LogP contribution in [0.1, 0.15) is 33.6 Å². The van der Waals surface area contributed by atoms with Gasteiger partial charge in [-0.2, -0.15) is 0 Å². The highest BCUT2D eigenvalue weighted by Crippen LogP contribution is 2.30. The molecule has 2 atom stereocenters. The van der Waals surface area contributed by atoms with Crippen molar-refractivity contribution < 1.29 is 13.2 Å². The molecule has 1 heterocycles. The number of nitrogens with one attached hydrogen (secondary N) is 1. The fourth-order valence-corrected chi connectivity index (χ4v) is 2.66. The van der Waals surface area contributed by atoms with Gasteiger partial charge in [-0.05, 0) is 31.9 Å². The number of nitrogens with zero attached hydrogens (tertiary/aromatic N) is 1. The van der Waals surface area contributed by atoms with Crippen molar-refractivity contribution in [3.05, 3.63) is 29.6 Å². The van der Waals surface area contributed by atoms with Crippen LogP contribution in [-0.2, 0) is 0 Å². The molecule has 2 nitrogen and oxygen atoms in total. The van der Waals surface area contributed by atoms with Crippen molar-refractivity contribution in [2.75, 3.05) is 18.0 Å². The summed E-state index contributed by atoms with van der Waals surface area (Å²) in [5, 5.41) is 3.46. The van der Waals surface area contributed by atoms with Gasteiger partial charge < -0.3 is 10.2 Å². The second-order valence-electron chi connectivity index (χ2n) is 5.68. The maximum atomic E-state index is 14.0. The molecule has 1 aromatic rings. The number of hydrogen-bond acceptors (Lipinski definition) is 2. The van der Waals surface area contributed by atoms with E-state index in [-0.39, 0.29) is 17.3 Å². The van der Waals surface area contributed by atoms with E-state index in [0.29, 0.717) is 13.1 Å². The molecule has 1 aliphatic rings. The zero-order valence-corrected chi connectivity index (χ0v) is 12.1. The first-order valence-corrected chi connectivity index (χ1v) is 7.07. The molecule has 1 fully saturated rings. The van der Waals surface area contributed by atoms with Gasteiger partial charge in [0, 0.05) is 24.7 Å². The van der Waals surface area contributed by atoms with Crippen molar-refractivity contribution in [1.29, 1.82) is 0 Å². The van der Waals surface area contributed by atoms with Crippen LogP contribution in [0, 0.1) is 17.5 Å². The van der Waals surface area contributed by atoms with Gasteiger partial charge in [-0.15, -0.1) is 0 Å². The van der Waals surface area contributed by atoms with Crippen LogP contribution in [0.3, 0.4) is 0 Å². The zero-order valence-electron chi connectivity index (χ0n) is 12.1. The standard InChI is InChI=1S/C15H21F3N2/c1-4-10-8-19-15(3,5-2)9-20(10)12-7-6-11(16)13(17)14(12)18/h6-7,10,19H,4-5,8-9H2,1-3H3. The number of hydrogen-bond donors (Lipinski definition) is 1. The van der Waals surface area contributed by atoms with Gasteiger partial charge in [0.1, 0.15) is 0 Å². The minimum Gasteiger partial charge on any atom is -0.363 e. The fraction of sp³-hybridized carbons (Fsp3) is 0.600. The minimum absolute atomic E-state index is 0.0778. The summed E-state index contributed by atoms with van der Waals surface area (Å²) >= 11 is 0. The minimum atomic E-state index is -1.39. The lowest BCUT2D eigenvalue weighted by atomic mass is 9.92. The highest BCUT2D eigenvalue weighted by molar-refractivity contribution is 5.50. The van der Waals surface area contributed by atoms with Crippen LogP contribution >= 0.6 is 0 Å². The summed E-state index contributed by atoms with van der Waals surface area (Å²) in [5.74, 6) is -3.63. The van der Waals surface area contributed by atoms with Gasteiger partial charge in [-0.3, -0.25) is 0 Å². The van der Waals surface area contributed by atoms with E-state index in [4.69, 9.17) is 0 Å². The predicted octanol–water partition coefficient (Wildman–Crippen LogP) is 3.46. The Kier molecular flexibility index (Phi) is 4.28. The van der Waals surface area contributed by atoms with Gasteiger partial charge in [0.05, 0.1) is 5.69 Å². The van der Waals surface area contributed by atoms with Crippen molar-refractivity contribution in [3.63, 3.8) is 0 Å². The average molecular weight is 286 g/mol. The molecule has 0 bridgehead atoms. The summed E-state index contributed by atoms with van der Waals surface area (Å²) < 4.78 is 40.6. The first kappa shape index (κ1) is 15.2. The first-order valence-electron chi connectivity index (χ1n) is 7.07. The van der Waals surface area contributed by atoms with Crippen LogP contribution in [0.2, 0.25) is 0 Å². The van der Waals surface area contributed by atoms with Gasteiger partial charge >= 0.3 is 0 Å². The van der Waals surface area contributed by atoms with E-state index < -0.39 is 17.5 Å². The van der Waals surface area contributed by atoms with E-state index in [1.54, 1.807) is 0 Å². The fourth-order valence-electron chi connectivity index (χ4n) is 2.66. The maximum Gasteiger partial charge on any atom is 0.196 e. The molecule has 0 aliphatic carbocycles. The van der Waals surface area contributed by atoms with Crippen LogP contribution in [-0.4, -0.2) is 24.7 Å². The predicted molar refractivity (Wildman–Crippen MR) is 74.4 cm³/mol. The van der Waals surface area contributed by atoms with Gasteiger partial charge in [-0.25, -0.2) is 13.2 Å². The Balaban J connectivity index is 2.39. The quantitative estimate of drug-likeness (QED) is 0.856. The monoisotopic (exact) mass is 286 g/mol. The molecule has 1 aliphatic heterocycles. The van der Waals surface area contributed by atoms with E-state index in [2.05, 4.69) is 19.2 Å². The molecule has 5 heteroatoms. The van der Waals surface area contributed by atoms with Gasteiger partial charge in [-0.1, -0.05) is 13.8 Å². The van der Waals surface area contributed by atoms with Gasteiger partial charge in [0.2, 0.25) is 0 Å². The topological polar surface area (TPSA) is 15.3 Å². The molecule has 1 saturated heterocycles. The van der Waals surface area contributed by atoms with E-state index in [1.807, 2.05) is 11.8 Å². The van der Waals surface area contributed by atoms with Crippen molar-refractivity contribution in [2.45, 2.75) is 45.2 Å². The largest absolute Gasteiger partial charge is 0.363 e. The summed E-state index contributed by atoms with van der Waals surface area (Å²) in [4.78, 5) is 1.86. The lowest BCUT2D eigenvalue weighted by molar-refractivity contribution is 0.274. The van der Waals surface area contributed by atoms with E-state index in [0.717, 1.165) is 18.9 Å². The Bertz CT molecular complexity index is 492. The molecule has 0 spiro atoms. The van der Waals surface area contributed by atoms with Crippen LogP contribution in [0.15, 0.2) is 12.1 Å². The Labute approximate surface area is 118 Å². The first-order chi connectivity index (χ1) is 9.41. The Morgan fingerprint density at radius 2 is 1.95 bits per heavy atom. The molecule has 0 saturated carbocycles. The molecule has 0 aromatic heterocycles. The molecule has 1 N–H and O–H groups in total. The van der Waals surface area contributed by atoms with Crippen LogP contribution in [0.5, 0.6) is 0 Å². The third kappa shape index (κ3) is 2.64. The average Bonchev–Trinajstić information content (AvgIpc) is 2.45. The molecule has 20 heavy (non-hydrogen) atoms. The number of benzene rings is 1. The van der Waals surface area contributed by atoms with Crippen molar-refractivity contribution in [1.82, 2.24) is 5.32 Å². The smallest absolute Gasteiger partial charge is 0.196 e. The number of halogens is 3. The Hall–Kier alpha value is -1.23. The van der Waals surface area contributed by atoms with Gasteiger partial charge in [0.15, 0.2) is 17.5 Å². The molecule has 0 amide bonds. The molecule has 2 unspecified atom stereocenters. The molecular weight excluding hydrogens is 265 g/mol. The second-order valence-corrected chi connectivity index (χ2v) is 5.68. The number of anilines is 1. The highest BCUT2D eigenvalue weighted by atomic mass is 19.2. The third-order valence-electron chi connectivity index (χ3n) is 4.30. The van der Waals surface area contributed by atoms with Crippen LogP contribution in [0.25, 0.3) is 0 Å². The van der Waals surface area contributed by atoms with Crippen LogP contribution in [0.4, 0.5) is 18.9 Å². The van der Waals surface area contributed by atoms with E-state index >= 15 is 0 Å². The van der Waals surface area contributed by atoms with Crippen molar-refractivity contribution in [2.24, 2.45) is 0 Å². The summed E-state index contributed by atoms with van der Waals surface area (Å²) in [6.45, 7) is 7.40. The zero-order chi connectivity index (χ0) is 14.9. The lowest BCUT2D eigenvalue weighted by Gasteiger charge is -2.47. The number of rotatable bonds is 3. The molecule has 0 radical (unpaired) electrons. The van der Waals surface area contributed by atoms with Crippen molar-refractivity contribution >= 4 is 5.69 Å². The van der Waals surface area contributed by atoms with Crippen molar-refractivity contribution in [3.8, 4) is 0 Å². The Morgan fingerprint density at radius 3 is 2.55 bits per heavy atom. The third-order valence-corrected chi connectivity index (χ3v) is 4.30. The SMILES string of the molecule is CCC1CNC(C)(CC)CN1c1ccc(F)c(F)c1F. The number of piperazine rings is 1.